The van der Waals surface area contributed by atoms with Gasteiger partial charge in [-0.2, -0.15) is 4.31 Å². The van der Waals surface area contributed by atoms with Crippen LogP contribution < -0.4 is 4.74 Å². The molecule has 3 saturated heterocycles. The third-order valence-electron chi connectivity index (χ3n) is 8.32. The van der Waals surface area contributed by atoms with Crippen molar-refractivity contribution in [1.29, 1.82) is 0 Å². The normalized spacial score (nSPS) is 23.5. The Kier molecular flexibility index (Phi) is 9.03. The van der Waals surface area contributed by atoms with Crippen LogP contribution in [0.2, 0.25) is 0 Å². The summed E-state index contributed by atoms with van der Waals surface area (Å²) in [5.41, 5.74) is 1.34. The van der Waals surface area contributed by atoms with Crippen LogP contribution in [-0.4, -0.2) is 89.0 Å². The van der Waals surface area contributed by atoms with E-state index in [4.69, 9.17) is 4.74 Å². The number of piperidine rings is 1. The molecule has 36 heavy (non-hydrogen) atoms. The molecule has 0 radical (unpaired) electrons. The van der Waals surface area contributed by atoms with Crippen molar-refractivity contribution in [2.75, 3.05) is 58.7 Å². The minimum absolute atomic E-state index is 0.0615. The molecule has 3 fully saturated rings. The Bertz CT molecular complexity index is 1090. The van der Waals surface area contributed by atoms with E-state index in [9.17, 15) is 16.8 Å². The summed E-state index contributed by atoms with van der Waals surface area (Å²) in [5.74, 6) is 1.43. The van der Waals surface area contributed by atoms with Crippen molar-refractivity contribution >= 4 is 20.0 Å². The molecule has 1 atom stereocenters. The molecule has 1 aromatic rings. The van der Waals surface area contributed by atoms with E-state index in [0.29, 0.717) is 66.7 Å². The number of aryl methyl sites for hydroxylation is 2. The summed E-state index contributed by atoms with van der Waals surface area (Å²) in [6, 6.07) is 3.49. The topological polar surface area (TPSA) is 87.2 Å². The fourth-order valence-electron chi connectivity index (χ4n) is 6.11. The lowest BCUT2D eigenvalue weighted by molar-refractivity contribution is 0.231. The lowest BCUT2D eigenvalue weighted by atomic mass is 9.94. The maximum absolute atomic E-state index is 13.4. The zero-order valence-electron chi connectivity index (χ0n) is 22.1. The first kappa shape index (κ1) is 27.8. The van der Waals surface area contributed by atoms with Crippen molar-refractivity contribution in [1.82, 2.24) is 13.5 Å². The number of benzene rings is 1. The van der Waals surface area contributed by atoms with E-state index >= 15 is 0 Å². The van der Waals surface area contributed by atoms with Crippen LogP contribution >= 0.6 is 0 Å². The van der Waals surface area contributed by atoms with Crippen LogP contribution in [0.1, 0.15) is 56.1 Å². The summed E-state index contributed by atoms with van der Waals surface area (Å²) in [5, 5.41) is 0. The number of methoxy groups -OCH3 is 1. The average Bonchev–Trinajstić information content (AvgIpc) is 3.54. The van der Waals surface area contributed by atoms with Gasteiger partial charge in [0.25, 0.3) is 0 Å². The molecular weight excluding hydrogens is 498 g/mol. The van der Waals surface area contributed by atoms with E-state index in [1.807, 2.05) is 0 Å². The molecule has 8 nitrogen and oxygen atoms in total. The maximum atomic E-state index is 13.4. The maximum Gasteiger partial charge on any atom is 0.243 e. The van der Waals surface area contributed by atoms with Crippen LogP contribution in [0, 0.1) is 25.7 Å². The molecule has 0 bridgehead atoms. The zero-order valence-corrected chi connectivity index (χ0v) is 23.7. The van der Waals surface area contributed by atoms with Gasteiger partial charge in [-0.05, 0) is 114 Å². The number of rotatable bonds is 10. The Morgan fingerprint density at radius 1 is 0.833 bits per heavy atom. The summed E-state index contributed by atoms with van der Waals surface area (Å²) >= 11 is 0. The van der Waals surface area contributed by atoms with Crippen molar-refractivity contribution in [3.8, 4) is 5.75 Å². The fourth-order valence-corrected chi connectivity index (χ4v) is 9.71. The fraction of sp³-hybridized carbons (Fsp3) is 0.769. The van der Waals surface area contributed by atoms with Gasteiger partial charge in [0.05, 0.1) is 17.8 Å². The van der Waals surface area contributed by atoms with Gasteiger partial charge in [-0.3, -0.25) is 0 Å². The van der Waals surface area contributed by atoms with Crippen molar-refractivity contribution < 1.29 is 21.6 Å². The van der Waals surface area contributed by atoms with Gasteiger partial charge in [0.1, 0.15) is 5.75 Å². The summed E-state index contributed by atoms with van der Waals surface area (Å²) in [7, 11) is -5.38. The largest absolute Gasteiger partial charge is 0.497 e. The van der Waals surface area contributed by atoms with Crippen LogP contribution in [0.15, 0.2) is 17.0 Å². The molecule has 0 N–H and O–H groups in total. The molecule has 10 heteroatoms. The van der Waals surface area contributed by atoms with Crippen molar-refractivity contribution in [2.24, 2.45) is 11.8 Å². The summed E-state index contributed by atoms with van der Waals surface area (Å²) in [4.78, 5) is 2.87. The molecule has 3 aliphatic rings. The predicted molar refractivity (Wildman–Crippen MR) is 142 cm³/mol. The van der Waals surface area contributed by atoms with Crippen LogP contribution in [0.4, 0.5) is 0 Å². The molecule has 0 amide bonds. The van der Waals surface area contributed by atoms with E-state index in [2.05, 4.69) is 4.90 Å². The monoisotopic (exact) mass is 541 g/mol. The van der Waals surface area contributed by atoms with E-state index in [1.165, 1.54) is 36.7 Å². The van der Waals surface area contributed by atoms with Gasteiger partial charge in [-0.25, -0.2) is 21.1 Å². The number of nitrogens with zero attached hydrogens (tertiary/aromatic N) is 3. The van der Waals surface area contributed by atoms with Crippen LogP contribution in [0.25, 0.3) is 0 Å². The van der Waals surface area contributed by atoms with Crippen LogP contribution in [0.3, 0.4) is 0 Å². The van der Waals surface area contributed by atoms with Gasteiger partial charge in [0, 0.05) is 26.2 Å². The van der Waals surface area contributed by atoms with Gasteiger partial charge in [0.15, 0.2) is 0 Å². The Labute approximate surface area is 218 Å². The van der Waals surface area contributed by atoms with Gasteiger partial charge >= 0.3 is 0 Å². The van der Waals surface area contributed by atoms with E-state index < -0.39 is 20.0 Å². The second-order valence-corrected chi connectivity index (χ2v) is 14.9. The van der Waals surface area contributed by atoms with Crippen LogP contribution in [0.5, 0.6) is 5.75 Å². The molecule has 3 aliphatic heterocycles. The first-order valence-electron chi connectivity index (χ1n) is 13.5. The molecule has 0 aliphatic carbocycles. The van der Waals surface area contributed by atoms with Crippen molar-refractivity contribution in [3.63, 3.8) is 0 Å². The first-order chi connectivity index (χ1) is 17.1. The minimum Gasteiger partial charge on any atom is -0.497 e. The number of sulfonamides is 2. The standard InChI is InChI=1S/C26H43N3O5S2/c1-21-18-25(34-3)19-22(2)26(21)36(32,33)29-16-9-24(20-29)10-17-35(30,31)28-14-7-23(8-15-28)6-13-27-11-4-5-12-27/h18-19,23-24H,4-17,20H2,1-3H3. The average molecular weight is 542 g/mol. The molecule has 4 rings (SSSR count). The Morgan fingerprint density at radius 2 is 1.42 bits per heavy atom. The van der Waals surface area contributed by atoms with Crippen molar-refractivity contribution in [2.45, 2.75) is 63.7 Å². The highest BCUT2D eigenvalue weighted by atomic mass is 32.2. The number of likely N-dealkylation sites (tertiary alicyclic amines) is 1. The molecule has 0 saturated carbocycles. The second kappa shape index (κ2) is 11.7. The van der Waals surface area contributed by atoms with Crippen molar-refractivity contribution in [3.05, 3.63) is 23.3 Å². The highest BCUT2D eigenvalue weighted by Crippen LogP contribution is 2.32. The predicted octanol–water partition coefficient (Wildman–Crippen LogP) is 3.24. The number of ether oxygens (including phenoxy) is 1. The Balaban J connectivity index is 1.26. The molecule has 3 heterocycles. The van der Waals surface area contributed by atoms with E-state index in [-0.39, 0.29) is 11.7 Å². The SMILES string of the molecule is COc1cc(C)c(S(=O)(=O)N2CCC(CCS(=O)(=O)N3CCC(CCN4CCCC4)CC3)C2)c(C)c1. The highest BCUT2D eigenvalue weighted by Gasteiger charge is 2.36. The number of hydrogen-bond donors (Lipinski definition) is 0. The van der Waals surface area contributed by atoms with Crippen LogP contribution in [-0.2, 0) is 20.0 Å². The summed E-state index contributed by atoms with van der Waals surface area (Å²) in [6.07, 6.45) is 6.88. The highest BCUT2D eigenvalue weighted by molar-refractivity contribution is 7.89. The molecule has 1 aromatic carbocycles. The Hall–Kier alpha value is -1.20. The lowest BCUT2D eigenvalue weighted by Gasteiger charge is -2.32. The Morgan fingerprint density at radius 3 is 2.03 bits per heavy atom. The molecule has 1 unspecified atom stereocenters. The molecule has 0 spiro atoms. The lowest BCUT2D eigenvalue weighted by Crippen LogP contribution is -2.40. The third-order valence-corrected chi connectivity index (χ3v) is 12.4. The third kappa shape index (κ3) is 6.43. The summed E-state index contributed by atoms with van der Waals surface area (Å²) in [6.45, 7) is 9.20. The first-order valence-corrected chi connectivity index (χ1v) is 16.5. The van der Waals surface area contributed by atoms with Gasteiger partial charge < -0.3 is 9.64 Å². The second-order valence-electron chi connectivity index (χ2n) is 10.9. The van der Waals surface area contributed by atoms with Gasteiger partial charge in [-0.1, -0.05) is 0 Å². The minimum atomic E-state index is -3.64. The number of hydrogen-bond acceptors (Lipinski definition) is 6. The quantitative estimate of drug-likeness (QED) is 0.452. The summed E-state index contributed by atoms with van der Waals surface area (Å²) < 4.78 is 61.3. The van der Waals surface area contributed by atoms with Gasteiger partial charge in [-0.15, -0.1) is 0 Å². The molecule has 0 aromatic heterocycles. The molecular formula is C26H43N3O5S2. The zero-order chi connectivity index (χ0) is 25.9. The van der Waals surface area contributed by atoms with E-state index in [1.54, 1.807) is 37.4 Å². The molecule has 204 valence electrons. The van der Waals surface area contributed by atoms with Gasteiger partial charge in [0.2, 0.25) is 20.0 Å². The smallest absolute Gasteiger partial charge is 0.243 e. The van der Waals surface area contributed by atoms with E-state index in [0.717, 1.165) is 19.4 Å².